The van der Waals surface area contributed by atoms with Crippen LogP contribution in [-0.2, 0) is 11.3 Å². The van der Waals surface area contributed by atoms with E-state index in [0.29, 0.717) is 12.4 Å². The van der Waals surface area contributed by atoms with E-state index in [-0.39, 0.29) is 6.54 Å². The number of carboxylic acid groups (broad SMARTS) is 1. The van der Waals surface area contributed by atoms with E-state index in [0.717, 1.165) is 33.2 Å². The van der Waals surface area contributed by atoms with E-state index in [2.05, 4.69) is 27.8 Å². The van der Waals surface area contributed by atoms with Gasteiger partial charge < -0.3 is 14.4 Å². The maximum Gasteiger partial charge on any atom is 0.323 e. The van der Waals surface area contributed by atoms with Gasteiger partial charge in [-0.1, -0.05) is 19.1 Å². The molecule has 3 rings (SSSR count). The number of carbonyl (C=O) groups is 1. The molecule has 0 amide bonds. The van der Waals surface area contributed by atoms with E-state index >= 15 is 0 Å². The molecule has 0 spiro atoms. The summed E-state index contributed by atoms with van der Waals surface area (Å²) >= 11 is 3.52. The number of nitrogens with zero attached hydrogens (tertiary/aromatic N) is 2. The first-order valence-corrected chi connectivity index (χ1v) is 8.49. The van der Waals surface area contributed by atoms with Crippen LogP contribution >= 0.6 is 15.9 Å². The number of rotatable bonds is 6. The number of carboxylic acids is 1. The zero-order chi connectivity index (χ0) is 17.1. The smallest absolute Gasteiger partial charge is 0.323 e. The molecule has 0 atom stereocenters. The van der Waals surface area contributed by atoms with Crippen LogP contribution in [-0.4, -0.2) is 27.2 Å². The number of ether oxygens (including phenoxy) is 1. The van der Waals surface area contributed by atoms with Crippen LogP contribution in [0.15, 0.2) is 46.9 Å². The van der Waals surface area contributed by atoms with Crippen molar-refractivity contribution in [1.29, 1.82) is 0 Å². The molecule has 1 aromatic heterocycles. The third-order valence-corrected chi connectivity index (χ3v) is 4.22. The summed E-state index contributed by atoms with van der Waals surface area (Å²) in [7, 11) is 0. The highest BCUT2D eigenvalue weighted by atomic mass is 79.9. The first-order valence-electron chi connectivity index (χ1n) is 7.70. The van der Waals surface area contributed by atoms with Crippen LogP contribution in [0.4, 0.5) is 0 Å². The van der Waals surface area contributed by atoms with E-state index in [1.165, 1.54) is 0 Å². The second kappa shape index (κ2) is 7.05. The van der Waals surface area contributed by atoms with Crippen molar-refractivity contribution in [3.63, 3.8) is 0 Å². The monoisotopic (exact) mass is 388 g/mol. The van der Waals surface area contributed by atoms with Gasteiger partial charge in [-0.25, -0.2) is 4.98 Å². The zero-order valence-electron chi connectivity index (χ0n) is 13.2. The lowest BCUT2D eigenvalue weighted by Crippen LogP contribution is -2.10. The minimum absolute atomic E-state index is 0.137. The molecule has 124 valence electrons. The summed E-state index contributed by atoms with van der Waals surface area (Å²) in [5, 5.41) is 9.23. The number of halogens is 1. The number of fused-ring (bicyclic) bond motifs is 1. The molecule has 6 heteroatoms. The molecule has 0 bridgehead atoms. The van der Waals surface area contributed by atoms with Crippen molar-refractivity contribution in [3.8, 4) is 17.1 Å². The van der Waals surface area contributed by atoms with Crippen molar-refractivity contribution in [2.45, 2.75) is 19.9 Å². The third kappa shape index (κ3) is 3.28. The molecule has 0 saturated heterocycles. The van der Waals surface area contributed by atoms with Gasteiger partial charge in [0.15, 0.2) is 0 Å². The summed E-state index contributed by atoms with van der Waals surface area (Å²) in [6.45, 7) is 2.56. The predicted molar refractivity (Wildman–Crippen MR) is 96.3 cm³/mol. The Labute approximate surface area is 148 Å². The van der Waals surface area contributed by atoms with Gasteiger partial charge >= 0.3 is 5.97 Å². The van der Waals surface area contributed by atoms with Crippen molar-refractivity contribution >= 4 is 32.9 Å². The molecule has 5 nitrogen and oxygen atoms in total. The normalized spacial score (nSPS) is 10.9. The molecule has 1 heterocycles. The number of aromatic nitrogens is 2. The molecular formula is C18H17BrN2O3. The summed E-state index contributed by atoms with van der Waals surface area (Å²) in [4.78, 5) is 15.9. The molecular weight excluding hydrogens is 372 g/mol. The highest BCUT2D eigenvalue weighted by molar-refractivity contribution is 9.10. The van der Waals surface area contributed by atoms with Gasteiger partial charge in [0, 0.05) is 5.56 Å². The lowest BCUT2D eigenvalue weighted by atomic mass is 10.2. The Morgan fingerprint density at radius 3 is 2.79 bits per heavy atom. The lowest BCUT2D eigenvalue weighted by Gasteiger charge is -2.10. The summed E-state index contributed by atoms with van der Waals surface area (Å²) in [5.74, 6) is 0.490. The zero-order valence-corrected chi connectivity index (χ0v) is 14.8. The maximum atomic E-state index is 11.3. The maximum absolute atomic E-state index is 11.3. The Kier molecular flexibility index (Phi) is 4.85. The van der Waals surface area contributed by atoms with E-state index in [9.17, 15) is 9.90 Å². The standard InChI is InChI=1S/C18H17BrN2O3/c1-2-9-24-16-8-7-12(10-13(16)19)18-20-14-5-3-4-6-15(14)21(18)11-17(22)23/h3-8,10H,2,9,11H2,1H3,(H,22,23). The van der Waals surface area contributed by atoms with Gasteiger partial charge in [-0.15, -0.1) is 0 Å². The fraction of sp³-hybridized carbons (Fsp3) is 0.222. The van der Waals surface area contributed by atoms with Crippen LogP contribution in [0.1, 0.15) is 13.3 Å². The van der Waals surface area contributed by atoms with E-state index in [1.54, 1.807) is 4.57 Å². The molecule has 0 aliphatic carbocycles. The Morgan fingerprint density at radius 1 is 1.29 bits per heavy atom. The summed E-state index contributed by atoms with van der Waals surface area (Å²) in [6, 6.07) is 13.2. The van der Waals surface area contributed by atoms with Crippen molar-refractivity contribution in [2.75, 3.05) is 6.61 Å². The number of hydrogen-bond donors (Lipinski definition) is 1. The second-order valence-electron chi connectivity index (χ2n) is 5.40. The highest BCUT2D eigenvalue weighted by Gasteiger charge is 2.15. The van der Waals surface area contributed by atoms with E-state index < -0.39 is 5.97 Å². The number of benzene rings is 2. The first-order chi connectivity index (χ1) is 11.6. The summed E-state index contributed by atoms with van der Waals surface area (Å²) in [6.07, 6.45) is 0.933. The first kappa shape index (κ1) is 16.5. The van der Waals surface area contributed by atoms with Crippen LogP contribution in [0.2, 0.25) is 0 Å². The minimum atomic E-state index is -0.902. The van der Waals surface area contributed by atoms with E-state index in [1.807, 2.05) is 42.5 Å². The molecule has 0 radical (unpaired) electrons. The fourth-order valence-electron chi connectivity index (χ4n) is 2.56. The molecule has 0 fully saturated rings. The Balaban J connectivity index is 2.08. The molecule has 24 heavy (non-hydrogen) atoms. The van der Waals surface area contributed by atoms with E-state index in [4.69, 9.17) is 4.74 Å². The SMILES string of the molecule is CCCOc1ccc(-c2nc3ccccc3n2CC(=O)O)cc1Br. The molecule has 0 saturated carbocycles. The fourth-order valence-corrected chi connectivity index (χ4v) is 3.05. The van der Waals surface area contributed by atoms with Gasteiger partial charge in [-0.2, -0.15) is 0 Å². The van der Waals surface area contributed by atoms with Crippen molar-refractivity contribution in [1.82, 2.24) is 9.55 Å². The quantitative estimate of drug-likeness (QED) is 0.681. The van der Waals surface area contributed by atoms with Gasteiger partial charge in [0.1, 0.15) is 18.1 Å². The summed E-state index contributed by atoms with van der Waals surface area (Å²) in [5.41, 5.74) is 2.41. The van der Waals surface area contributed by atoms with Crippen molar-refractivity contribution in [2.24, 2.45) is 0 Å². The average molecular weight is 389 g/mol. The number of imidazole rings is 1. The van der Waals surface area contributed by atoms with Crippen LogP contribution in [0.5, 0.6) is 5.75 Å². The third-order valence-electron chi connectivity index (χ3n) is 3.60. The average Bonchev–Trinajstić information content (AvgIpc) is 2.92. The van der Waals surface area contributed by atoms with Crippen LogP contribution < -0.4 is 4.74 Å². The molecule has 1 N–H and O–H groups in total. The predicted octanol–water partition coefficient (Wildman–Crippen LogP) is 4.34. The largest absolute Gasteiger partial charge is 0.492 e. The van der Waals surface area contributed by atoms with Crippen molar-refractivity contribution < 1.29 is 14.6 Å². The molecule has 0 aliphatic rings. The van der Waals surface area contributed by atoms with Crippen molar-refractivity contribution in [3.05, 3.63) is 46.9 Å². The number of aliphatic carboxylic acids is 1. The van der Waals surface area contributed by atoms with Crippen LogP contribution in [0.25, 0.3) is 22.4 Å². The van der Waals surface area contributed by atoms with Crippen LogP contribution in [0.3, 0.4) is 0 Å². The minimum Gasteiger partial charge on any atom is -0.492 e. The topological polar surface area (TPSA) is 64.4 Å². The Bertz CT molecular complexity index is 889. The molecule has 2 aromatic carbocycles. The van der Waals surface area contributed by atoms with Gasteiger partial charge in [-0.05, 0) is 52.7 Å². The van der Waals surface area contributed by atoms with Gasteiger partial charge in [0.25, 0.3) is 0 Å². The van der Waals surface area contributed by atoms with Crippen LogP contribution in [0, 0.1) is 0 Å². The number of para-hydroxylation sites is 2. The van der Waals surface area contributed by atoms with Gasteiger partial charge in [0.2, 0.25) is 0 Å². The number of hydrogen-bond acceptors (Lipinski definition) is 3. The summed E-state index contributed by atoms with van der Waals surface area (Å²) < 4.78 is 8.20. The van der Waals surface area contributed by atoms with Gasteiger partial charge in [-0.3, -0.25) is 4.79 Å². The highest BCUT2D eigenvalue weighted by Crippen LogP contribution is 2.32. The lowest BCUT2D eigenvalue weighted by molar-refractivity contribution is -0.137. The van der Waals surface area contributed by atoms with Gasteiger partial charge in [0.05, 0.1) is 22.1 Å². The molecule has 0 aliphatic heterocycles. The molecule has 3 aromatic rings. The second-order valence-corrected chi connectivity index (χ2v) is 6.25. The Morgan fingerprint density at radius 2 is 2.08 bits per heavy atom. The Hall–Kier alpha value is -2.34. The molecule has 0 unspecified atom stereocenters.